The molecule has 0 radical (unpaired) electrons. The molecule has 1 aliphatic rings. The quantitative estimate of drug-likeness (QED) is 0.744. The molecule has 20 heavy (non-hydrogen) atoms. The van der Waals surface area contributed by atoms with Gasteiger partial charge in [0, 0.05) is 32.6 Å². The van der Waals surface area contributed by atoms with Crippen LogP contribution in [0.25, 0.3) is 0 Å². The zero-order chi connectivity index (χ0) is 14.2. The van der Waals surface area contributed by atoms with Gasteiger partial charge < -0.3 is 4.90 Å². The predicted molar refractivity (Wildman–Crippen MR) is 82.7 cm³/mol. The fraction of sp³-hybridized carbons (Fsp3) is 0.588. The Morgan fingerprint density at radius 2 is 1.75 bits per heavy atom. The van der Waals surface area contributed by atoms with Crippen molar-refractivity contribution >= 4 is 5.91 Å². The molecule has 0 spiro atoms. The van der Waals surface area contributed by atoms with E-state index in [9.17, 15) is 4.79 Å². The predicted octanol–water partition coefficient (Wildman–Crippen LogP) is 2.56. The van der Waals surface area contributed by atoms with E-state index in [2.05, 4.69) is 35.2 Å². The van der Waals surface area contributed by atoms with Crippen molar-refractivity contribution in [1.82, 2.24) is 9.80 Å². The Kier molecular flexibility index (Phi) is 6.06. The van der Waals surface area contributed by atoms with Crippen molar-refractivity contribution in [2.75, 3.05) is 32.7 Å². The molecule has 1 heterocycles. The van der Waals surface area contributed by atoms with E-state index in [1.54, 1.807) is 0 Å². The summed E-state index contributed by atoms with van der Waals surface area (Å²) in [7, 11) is 0. The van der Waals surface area contributed by atoms with Crippen LogP contribution in [0.5, 0.6) is 0 Å². The zero-order valence-corrected chi connectivity index (χ0v) is 12.6. The Balaban J connectivity index is 1.58. The number of aryl methyl sites for hydroxylation is 1. The Bertz CT molecular complexity index is 397. The van der Waals surface area contributed by atoms with E-state index in [1.807, 2.05) is 11.8 Å². The maximum atomic E-state index is 11.6. The summed E-state index contributed by atoms with van der Waals surface area (Å²) < 4.78 is 0. The molecule has 0 unspecified atom stereocenters. The summed E-state index contributed by atoms with van der Waals surface area (Å²) in [6.07, 6.45) is 4.31. The lowest BCUT2D eigenvalue weighted by atomic mass is 10.1. The molecular weight excluding hydrogens is 248 g/mol. The Morgan fingerprint density at radius 1 is 1.05 bits per heavy atom. The lowest BCUT2D eigenvalue weighted by Gasteiger charge is -2.34. The first-order chi connectivity index (χ1) is 9.79. The number of hydrogen-bond acceptors (Lipinski definition) is 2. The van der Waals surface area contributed by atoms with Crippen molar-refractivity contribution in [3.8, 4) is 0 Å². The maximum Gasteiger partial charge on any atom is 0.222 e. The first kappa shape index (κ1) is 15.0. The number of hydrogen-bond donors (Lipinski definition) is 0. The minimum Gasteiger partial charge on any atom is -0.340 e. The molecule has 0 aromatic heterocycles. The first-order valence-corrected chi connectivity index (χ1v) is 7.83. The van der Waals surface area contributed by atoms with Crippen molar-refractivity contribution in [2.45, 2.75) is 32.6 Å². The van der Waals surface area contributed by atoms with Crippen LogP contribution in [0.3, 0.4) is 0 Å². The molecule has 0 atom stereocenters. The number of rotatable bonds is 6. The van der Waals surface area contributed by atoms with Gasteiger partial charge in [0.15, 0.2) is 0 Å². The van der Waals surface area contributed by atoms with Gasteiger partial charge in [-0.15, -0.1) is 0 Å². The van der Waals surface area contributed by atoms with Crippen LogP contribution in [0.1, 0.15) is 31.7 Å². The number of carbonyl (C=O) groups excluding carboxylic acids is 1. The van der Waals surface area contributed by atoms with Crippen LogP contribution >= 0.6 is 0 Å². The smallest absolute Gasteiger partial charge is 0.222 e. The summed E-state index contributed by atoms with van der Waals surface area (Å²) >= 11 is 0. The Morgan fingerprint density at radius 3 is 2.40 bits per heavy atom. The van der Waals surface area contributed by atoms with Crippen LogP contribution in [-0.2, 0) is 11.2 Å². The van der Waals surface area contributed by atoms with Crippen LogP contribution in [0.4, 0.5) is 0 Å². The fourth-order valence-electron chi connectivity index (χ4n) is 2.75. The average Bonchev–Trinajstić information content (AvgIpc) is 2.52. The molecule has 3 heteroatoms. The Hall–Kier alpha value is -1.35. The summed E-state index contributed by atoms with van der Waals surface area (Å²) in [6.45, 7) is 7.00. The van der Waals surface area contributed by atoms with Crippen molar-refractivity contribution < 1.29 is 4.79 Å². The largest absolute Gasteiger partial charge is 0.340 e. The second-order valence-electron chi connectivity index (χ2n) is 5.52. The standard InChI is InChI=1S/C17H26N2O/c1-2-17(20)19-14-12-18(13-15-19)11-7-6-10-16-8-4-3-5-9-16/h3-5,8-9H,2,6-7,10-15H2,1H3. The SMILES string of the molecule is CCC(=O)N1CCN(CCCCc2ccccc2)CC1. The minimum absolute atomic E-state index is 0.300. The van der Waals surface area contributed by atoms with Gasteiger partial charge in [-0.2, -0.15) is 0 Å². The van der Waals surface area contributed by atoms with Gasteiger partial charge >= 0.3 is 0 Å². The number of unbranched alkanes of at least 4 members (excludes halogenated alkanes) is 1. The lowest BCUT2D eigenvalue weighted by Crippen LogP contribution is -2.48. The van der Waals surface area contributed by atoms with Crippen LogP contribution in [-0.4, -0.2) is 48.4 Å². The average molecular weight is 274 g/mol. The Labute approximate surface area is 122 Å². The summed E-state index contributed by atoms with van der Waals surface area (Å²) in [6, 6.07) is 10.7. The van der Waals surface area contributed by atoms with Gasteiger partial charge in [-0.1, -0.05) is 37.3 Å². The summed E-state index contributed by atoms with van der Waals surface area (Å²) in [4.78, 5) is 16.1. The summed E-state index contributed by atoms with van der Waals surface area (Å²) in [5.74, 6) is 0.300. The molecule has 1 fully saturated rings. The van der Waals surface area contributed by atoms with E-state index >= 15 is 0 Å². The highest BCUT2D eigenvalue weighted by molar-refractivity contribution is 5.75. The molecule has 0 bridgehead atoms. The molecule has 1 aromatic rings. The minimum atomic E-state index is 0.300. The first-order valence-electron chi connectivity index (χ1n) is 7.83. The maximum absolute atomic E-state index is 11.6. The van der Waals surface area contributed by atoms with Crippen molar-refractivity contribution in [3.63, 3.8) is 0 Å². The molecule has 3 nitrogen and oxygen atoms in total. The molecule has 110 valence electrons. The van der Waals surface area contributed by atoms with E-state index < -0.39 is 0 Å². The number of carbonyl (C=O) groups is 1. The van der Waals surface area contributed by atoms with E-state index in [0.717, 1.165) is 26.2 Å². The normalized spacial score (nSPS) is 16.4. The van der Waals surface area contributed by atoms with Crippen LogP contribution in [0, 0.1) is 0 Å². The lowest BCUT2D eigenvalue weighted by molar-refractivity contribution is -0.132. The zero-order valence-electron chi connectivity index (χ0n) is 12.6. The van der Waals surface area contributed by atoms with Gasteiger partial charge in [0.1, 0.15) is 0 Å². The van der Waals surface area contributed by atoms with E-state index in [4.69, 9.17) is 0 Å². The molecule has 0 saturated carbocycles. The van der Waals surface area contributed by atoms with Gasteiger partial charge in [0.2, 0.25) is 5.91 Å². The van der Waals surface area contributed by atoms with Crippen molar-refractivity contribution in [2.24, 2.45) is 0 Å². The van der Waals surface area contributed by atoms with Gasteiger partial charge in [-0.3, -0.25) is 9.69 Å². The van der Waals surface area contributed by atoms with Crippen molar-refractivity contribution in [1.29, 1.82) is 0 Å². The second-order valence-corrected chi connectivity index (χ2v) is 5.52. The van der Waals surface area contributed by atoms with E-state index in [-0.39, 0.29) is 0 Å². The highest BCUT2D eigenvalue weighted by Crippen LogP contribution is 2.08. The fourth-order valence-corrected chi connectivity index (χ4v) is 2.75. The highest BCUT2D eigenvalue weighted by Gasteiger charge is 2.19. The van der Waals surface area contributed by atoms with Crippen LogP contribution in [0.15, 0.2) is 30.3 Å². The van der Waals surface area contributed by atoms with Gasteiger partial charge in [-0.25, -0.2) is 0 Å². The topological polar surface area (TPSA) is 23.6 Å². The number of nitrogens with zero attached hydrogens (tertiary/aromatic N) is 2. The van der Waals surface area contributed by atoms with Gasteiger partial charge in [0.25, 0.3) is 0 Å². The number of amides is 1. The third-order valence-corrected chi connectivity index (χ3v) is 4.06. The number of benzene rings is 1. The highest BCUT2D eigenvalue weighted by atomic mass is 16.2. The van der Waals surface area contributed by atoms with Crippen LogP contribution < -0.4 is 0 Å². The third kappa shape index (κ3) is 4.64. The van der Waals surface area contributed by atoms with Gasteiger partial charge in [-0.05, 0) is 31.4 Å². The van der Waals surface area contributed by atoms with E-state index in [1.165, 1.54) is 31.4 Å². The summed E-state index contributed by atoms with van der Waals surface area (Å²) in [5, 5.41) is 0. The molecule has 0 aliphatic carbocycles. The third-order valence-electron chi connectivity index (χ3n) is 4.06. The molecule has 1 amide bonds. The molecular formula is C17H26N2O. The van der Waals surface area contributed by atoms with Gasteiger partial charge in [0.05, 0.1) is 0 Å². The number of piperazine rings is 1. The molecule has 1 aromatic carbocycles. The second kappa shape index (κ2) is 8.05. The van der Waals surface area contributed by atoms with E-state index in [0.29, 0.717) is 12.3 Å². The summed E-state index contributed by atoms with van der Waals surface area (Å²) in [5.41, 5.74) is 1.44. The van der Waals surface area contributed by atoms with Crippen LogP contribution in [0.2, 0.25) is 0 Å². The molecule has 1 aliphatic heterocycles. The molecule has 2 rings (SSSR count). The monoisotopic (exact) mass is 274 g/mol. The van der Waals surface area contributed by atoms with Crippen molar-refractivity contribution in [3.05, 3.63) is 35.9 Å². The molecule has 0 N–H and O–H groups in total. The molecule has 1 saturated heterocycles.